The molecule has 0 fully saturated rings. The zero-order valence-electron chi connectivity index (χ0n) is 9.51. The van der Waals surface area contributed by atoms with E-state index in [1.54, 1.807) is 0 Å². The van der Waals surface area contributed by atoms with Crippen molar-refractivity contribution in [2.24, 2.45) is 0 Å². The maximum absolute atomic E-state index is 12.7. The Balaban J connectivity index is 2.93. The Bertz CT molecular complexity index is 469. The van der Waals surface area contributed by atoms with Gasteiger partial charge in [0, 0.05) is 18.5 Å². The molecule has 0 bridgehead atoms. The first-order valence-electron chi connectivity index (χ1n) is 5.08. The van der Waals surface area contributed by atoms with Crippen LogP contribution < -0.4 is 5.32 Å². The molecule has 0 aromatic heterocycles. The second-order valence-corrected chi connectivity index (χ2v) is 4.01. The normalized spacial score (nSPS) is 11.8. The summed E-state index contributed by atoms with van der Waals surface area (Å²) in [4.78, 5) is 10.6. The zero-order chi connectivity index (χ0) is 13.8. The second-order valence-electron chi connectivity index (χ2n) is 3.57. The predicted octanol–water partition coefficient (Wildman–Crippen LogP) is 3.51. The predicted molar refractivity (Wildman–Crippen MR) is 64.2 cm³/mol. The first kappa shape index (κ1) is 14.6. The van der Waals surface area contributed by atoms with Crippen LogP contribution >= 0.6 is 11.6 Å². The van der Waals surface area contributed by atoms with E-state index in [9.17, 15) is 18.0 Å². The van der Waals surface area contributed by atoms with Crippen molar-refractivity contribution in [1.82, 2.24) is 5.32 Å². The second kappa shape index (κ2) is 5.91. The average molecular weight is 278 g/mol. The van der Waals surface area contributed by atoms with Crippen molar-refractivity contribution in [3.05, 3.63) is 40.4 Å². The van der Waals surface area contributed by atoms with Crippen molar-refractivity contribution >= 4 is 23.6 Å². The summed E-state index contributed by atoms with van der Waals surface area (Å²) in [6.07, 6.45) is -1.72. The van der Waals surface area contributed by atoms with Crippen LogP contribution in [-0.4, -0.2) is 12.5 Å². The lowest BCUT2D eigenvalue weighted by Gasteiger charge is -2.10. The van der Waals surface area contributed by atoms with Gasteiger partial charge in [-0.1, -0.05) is 23.8 Å². The SMILES string of the molecule is CC(=O)NCC=Cc1cc(Cl)ccc1C(F)(F)F. The lowest BCUT2D eigenvalue weighted by molar-refractivity contribution is -0.137. The lowest BCUT2D eigenvalue weighted by atomic mass is 10.1. The summed E-state index contributed by atoms with van der Waals surface area (Å²) in [6, 6.07) is 3.35. The number of nitrogens with one attached hydrogen (secondary N) is 1. The quantitative estimate of drug-likeness (QED) is 0.900. The highest BCUT2D eigenvalue weighted by Gasteiger charge is 2.32. The largest absolute Gasteiger partial charge is 0.416 e. The van der Waals surface area contributed by atoms with Crippen molar-refractivity contribution in [2.45, 2.75) is 13.1 Å². The molecule has 0 atom stereocenters. The van der Waals surface area contributed by atoms with Crippen molar-refractivity contribution < 1.29 is 18.0 Å². The standard InChI is InChI=1S/C12H11ClF3NO/c1-8(18)17-6-2-3-9-7-10(13)4-5-11(9)12(14,15)16/h2-5,7H,6H2,1H3,(H,17,18). The Hall–Kier alpha value is -1.49. The summed E-state index contributed by atoms with van der Waals surface area (Å²) in [5, 5.41) is 2.67. The molecule has 18 heavy (non-hydrogen) atoms. The Morgan fingerprint density at radius 3 is 2.67 bits per heavy atom. The minimum atomic E-state index is -4.43. The average Bonchev–Trinajstić information content (AvgIpc) is 2.22. The molecule has 0 saturated carbocycles. The molecule has 1 N–H and O–H groups in total. The first-order valence-corrected chi connectivity index (χ1v) is 5.46. The Labute approximate surface area is 107 Å². The van der Waals surface area contributed by atoms with Crippen LogP contribution in [0.15, 0.2) is 24.3 Å². The first-order chi connectivity index (χ1) is 8.30. The number of amides is 1. The van der Waals surface area contributed by atoms with E-state index in [2.05, 4.69) is 5.32 Å². The molecule has 0 aliphatic carbocycles. The molecule has 2 nitrogen and oxygen atoms in total. The molecule has 6 heteroatoms. The molecule has 1 rings (SSSR count). The summed E-state index contributed by atoms with van der Waals surface area (Å²) in [6.45, 7) is 1.49. The summed E-state index contributed by atoms with van der Waals surface area (Å²) < 4.78 is 38.0. The highest BCUT2D eigenvalue weighted by Crippen LogP contribution is 2.33. The number of carbonyl (C=O) groups excluding carboxylic acids is 1. The molecule has 0 aliphatic heterocycles. The van der Waals surface area contributed by atoms with Gasteiger partial charge in [-0.05, 0) is 23.8 Å². The highest BCUT2D eigenvalue weighted by atomic mass is 35.5. The highest BCUT2D eigenvalue weighted by molar-refractivity contribution is 6.30. The zero-order valence-corrected chi connectivity index (χ0v) is 10.3. The third-order valence-corrected chi connectivity index (χ3v) is 2.32. The van der Waals surface area contributed by atoms with E-state index in [1.165, 1.54) is 31.2 Å². The van der Waals surface area contributed by atoms with E-state index in [0.717, 1.165) is 6.07 Å². The number of halogens is 4. The summed E-state index contributed by atoms with van der Waals surface area (Å²) in [7, 11) is 0. The molecule has 0 spiro atoms. The van der Waals surface area contributed by atoms with E-state index in [-0.39, 0.29) is 23.0 Å². The van der Waals surface area contributed by atoms with Crippen LogP contribution in [0.3, 0.4) is 0 Å². The van der Waals surface area contributed by atoms with Gasteiger partial charge in [-0.2, -0.15) is 13.2 Å². The van der Waals surface area contributed by atoms with Gasteiger partial charge in [0.05, 0.1) is 5.56 Å². The molecular formula is C12H11ClF3NO. The smallest absolute Gasteiger partial charge is 0.353 e. The summed E-state index contributed by atoms with van der Waals surface area (Å²) >= 11 is 5.66. The van der Waals surface area contributed by atoms with E-state index in [4.69, 9.17) is 11.6 Å². The molecule has 1 aromatic carbocycles. The van der Waals surface area contributed by atoms with Crippen molar-refractivity contribution in [3.8, 4) is 0 Å². The number of alkyl halides is 3. The molecule has 0 saturated heterocycles. The van der Waals surface area contributed by atoms with Crippen LogP contribution in [0.1, 0.15) is 18.1 Å². The van der Waals surface area contributed by atoms with Crippen LogP contribution in [0.5, 0.6) is 0 Å². The maximum atomic E-state index is 12.7. The van der Waals surface area contributed by atoms with Gasteiger partial charge in [-0.15, -0.1) is 0 Å². The van der Waals surface area contributed by atoms with Gasteiger partial charge in [-0.25, -0.2) is 0 Å². The number of hydrogen-bond donors (Lipinski definition) is 1. The van der Waals surface area contributed by atoms with E-state index in [1.807, 2.05) is 0 Å². The van der Waals surface area contributed by atoms with Gasteiger partial charge in [0.1, 0.15) is 0 Å². The lowest BCUT2D eigenvalue weighted by Crippen LogP contribution is -2.19. The molecule has 0 heterocycles. The monoisotopic (exact) mass is 277 g/mol. The Morgan fingerprint density at radius 2 is 2.11 bits per heavy atom. The maximum Gasteiger partial charge on any atom is 0.416 e. The van der Waals surface area contributed by atoms with E-state index >= 15 is 0 Å². The van der Waals surface area contributed by atoms with Crippen molar-refractivity contribution in [1.29, 1.82) is 0 Å². The van der Waals surface area contributed by atoms with Crippen LogP contribution in [0, 0.1) is 0 Å². The van der Waals surface area contributed by atoms with Crippen LogP contribution in [0.25, 0.3) is 6.08 Å². The Kier molecular flexibility index (Phi) is 4.78. The van der Waals surface area contributed by atoms with Crippen molar-refractivity contribution in [2.75, 3.05) is 6.54 Å². The van der Waals surface area contributed by atoms with E-state index < -0.39 is 11.7 Å². The van der Waals surface area contributed by atoms with Crippen LogP contribution in [0.4, 0.5) is 13.2 Å². The minimum Gasteiger partial charge on any atom is -0.353 e. The summed E-state index contributed by atoms with van der Waals surface area (Å²) in [5.41, 5.74) is -0.786. The molecule has 98 valence electrons. The number of benzene rings is 1. The van der Waals surface area contributed by atoms with Crippen molar-refractivity contribution in [3.63, 3.8) is 0 Å². The minimum absolute atomic E-state index is 0.0275. The van der Waals surface area contributed by atoms with E-state index in [0.29, 0.717) is 0 Å². The number of hydrogen-bond acceptors (Lipinski definition) is 1. The summed E-state index contributed by atoms with van der Waals surface area (Å²) in [5.74, 6) is -0.248. The Morgan fingerprint density at radius 1 is 1.44 bits per heavy atom. The molecule has 0 radical (unpaired) electrons. The van der Waals surface area contributed by atoms with Crippen LogP contribution in [-0.2, 0) is 11.0 Å². The van der Waals surface area contributed by atoms with Gasteiger partial charge in [0.25, 0.3) is 0 Å². The molecule has 0 aliphatic rings. The van der Waals surface area contributed by atoms with Gasteiger partial charge < -0.3 is 5.32 Å². The van der Waals surface area contributed by atoms with Gasteiger partial charge >= 0.3 is 6.18 Å². The molecule has 1 amide bonds. The fourth-order valence-electron chi connectivity index (χ4n) is 1.32. The third kappa shape index (κ3) is 4.41. The topological polar surface area (TPSA) is 29.1 Å². The van der Waals surface area contributed by atoms with Gasteiger partial charge in [0.2, 0.25) is 5.91 Å². The fourth-order valence-corrected chi connectivity index (χ4v) is 1.50. The molecule has 1 aromatic rings. The molecular weight excluding hydrogens is 267 g/mol. The van der Waals surface area contributed by atoms with Gasteiger partial charge in [0.15, 0.2) is 0 Å². The van der Waals surface area contributed by atoms with Gasteiger partial charge in [-0.3, -0.25) is 4.79 Å². The number of carbonyl (C=O) groups is 1. The molecule has 0 unspecified atom stereocenters. The number of rotatable bonds is 3. The van der Waals surface area contributed by atoms with Crippen LogP contribution in [0.2, 0.25) is 5.02 Å². The third-order valence-electron chi connectivity index (χ3n) is 2.09. The fraction of sp³-hybridized carbons (Fsp3) is 0.250.